The van der Waals surface area contributed by atoms with E-state index in [0.717, 1.165) is 16.7 Å². The van der Waals surface area contributed by atoms with Gasteiger partial charge in [0.15, 0.2) is 9.84 Å². The van der Waals surface area contributed by atoms with E-state index in [1.807, 2.05) is 43.3 Å². The van der Waals surface area contributed by atoms with Gasteiger partial charge in [-0.3, -0.25) is 4.79 Å². The van der Waals surface area contributed by atoms with Crippen LogP contribution in [0.25, 0.3) is 0 Å². The van der Waals surface area contributed by atoms with Crippen molar-refractivity contribution < 1.29 is 13.2 Å². The first-order chi connectivity index (χ1) is 11.8. The van der Waals surface area contributed by atoms with E-state index in [-0.39, 0.29) is 29.1 Å². The molecule has 0 amide bonds. The Hall–Kier alpha value is -1.65. The summed E-state index contributed by atoms with van der Waals surface area (Å²) >= 11 is 5.86. The van der Waals surface area contributed by atoms with Crippen molar-refractivity contribution in [3.63, 3.8) is 0 Å². The van der Waals surface area contributed by atoms with Gasteiger partial charge in [0.1, 0.15) is 5.78 Å². The molecule has 3 rings (SSSR count). The van der Waals surface area contributed by atoms with Gasteiger partial charge in [0, 0.05) is 23.8 Å². The molecular formula is C20H21ClO3S. The van der Waals surface area contributed by atoms with Crippen molar-refractivity contribution in [2.24, 2.45) is 5.92 Å². The molecule has 5 heteroatoms. The summed E-state index contributed by atoms with van der Waals surface area (Å²) in [6, 6.07) is 15.2. The predicted molar refractivity (Wildman–Crippen MR) is 101 cm³/mol. The number of hydrogen-bond acceptors (Lipinski definition) is 3. The molecule has 0 N–H and O–H groups in total. The summed E-state index contributed by atoms with van der Waals surface area (Å²) in [5, 5.41) is 0.637. The number of carbonyl (C=O) groups excluding carboxylic acids is 1. The normalized spacial score (nSPS) is 22.0. The highest BCUT2D eigenvalue weighted by molar-refractivity contribution is 7.91. The van der Waals surface area contributed by atoms with E-state index in [2.05, 4.69) is 0 Å². The maximum absolute atomic E-state index is 12.5. The van der Waals surface area contributed by atoms with Gasteiger partial charge in [-0.25, -0.2) is 8.42 Å². The molecule has 132 valence electrons. The SMILES string of the molecule is Cc1ccc(C2CS(=O)(=O)CC2CC(=O)Cc2ccc(Cl)cc2)cc1. The Morgan fingerprint density at radius 3 is 2.32 bits per heavy atom. The highest BCUT2D eigenvalue weighted by atomic mass is 35.5. The summed E-state index contributed by atoms with van der Waals surface area (Å²) in [6.45, 7) is 2.00. The highest BCUT2D eigenvalue weighted by Crippen LogP contribution is 2.36. The molecule has 0 saturated carbocycles. The van der Waals surface area contributed by atoms with Crippen LogP contribution in [0.3, 0.4) is 0 Å². The number of carbonyl (C=O) groups is 1. The molecule has 25 heavy (non-hydrogen) atoms. The second kappa shape index (κ2) is 7.30. The minimum Gasteiger partial charge on any atom is -0.299 e. The van der Waals surface area contributed by atoms with Crippen molar-refractivity contribution in [2.75, 3.05) is 11.5 Å². The molecule has 0 radical (unpaired) electrons. The number of aryl methyl sites for hydroxylation is 1. The minimum atomic E-state index is -3.10. The smallest absolute Gasteiger partial charge is 0.151 e. The fraction of sp³-hybridized carbons (Fsp3) is 0.350. The van der Waals surface area contributed by atoms with E-state index in [4.69, 9.17) is 11.6 Å². The Morgan fingerprint density at radius 1 is 1.04 bits per heavy atom. The Bertz CT molecular complexity index is 855. The van der Waals surface area contributed by atoms with Gasteiger partial charge in [0.2, 0.25) is 0 Å². The number of hydrogen-bond donors (Lipinski definition) is 0. The number of sulfone groups is 1. The van der Waals surface area contributed by atoms with Gasteiger partial charge in [-0.2, -0.15) is 0 Å². The van der Waals surface area contributed by atoms with E-state index in [1.54, 1.807) is 12.1 Å². The van der Waals surface area contributed by atoms with Crippen molar-refractivity contribution >= 4 is 27.2 Å². The lowest BCUT2D eigenvalue weighted by atomic mass is 9.84. The second-order valence-electron chi connectivity index (χ2n) is 6.90. The molecule has 1 aliphatic heterocycles. The van der Waals surface area contributed by atoms with E-state index < -0.39 is 9.84 Å². The predicted octanol–water partition coefficient (Wildman–Crippen LogP) is 3.98. The lowest BCUT2D eigenvalue weighted by Gasteiger charge is -2.18. The van der Waals surface area contributed by atoms with Crippen LogP contribution in [0, 0.1) is 12.8 Å². The van der Waals surface area contributed by atoms with Gasteiger partial charge < -0.3 is 0 Å². The Labute approximate surface area is 153 Å². The quantitative estimate of drug-likeness (QED) is 0.793. The molecule has 1 heterocycles. The van der Waals surface area contributed by atoms with E-state index >= 15 is 0 Å². The molecule has 2 aromatic rings. The topological polar surface area (TPSA) is 51.2 Å². The van der Waals surface area contributed by atoms with Crippen LogP contribution in [0.4, 0.5) is 0 Å². The molecule has 2 aromatic carbocycles. The summed E-state index contributed by atoms with van der Waals surface area (Å²) in [5.74, 6) is 0.0566. The summed E-state index contributed by atoms with van der Waals surface area (Å²) in [4.78, 5) is 12.5. The van der Waals surface area contributed by atoms with E-state index in [1.165, 1.54) is 0 Å². The second-order valence-corrected chi connectivity index (χ2v) is 9.49. The maximum Gasteiger partial charge on any atom is 0.151 e. The standard InChI is InChI=1S/C20H21ClO3S/c1-14-2-6-16(7-3-14)20-13-25(23,24)12-17(20)11-19(22)10-15-4-8-18(21)9-5-15/h2-9,17,20H,10-13H2,1H3. The molecule has 2 unspecified atom stereocenters. The van der Waals surface area contributed by atoms with E-state index in [0.29, 0.717) is 17.9 Å². The zero-order valence-corrected chi connectivity index (χ0v) is 15.7. The number of rotatable bonds is 5. The third-order valence-corrected chi connectivity index (χ3v) is 6.84. The molecular weight excluding hydrogens is 356 g/mol. The number of Topliss-reactive ketones (excluding diaryl/α,β-unsaturated/α-hetero) is 1. The first kappa shape index (κ1) is 18.2. The zero-order valence-electron chi connectivity index (χ0n) is 14.1. The van der Waals surface area contributed by atoms with Crippen LogP contribution in [0.5, 0.6) is 0 Å². The molecule has 0 spiro atoms. The van der Waals surface area contributed by atoms with Gasteiger partial charge in [0.25, 0.3) is 0 Å². The van der Waals surface area contributed by atoms with Gasteiger partial charge in [0.05, 0.1) is 11.5 Å². The van der Waals surface area contributed by atoms with Crippen LogP contribution in [-0.2, 0) is 21.1 Å². The molecule has 0 bridgehead atoms. The Morgan fingerprint density at radius 2 is 1.68 bits per heavy atom. The van der Waals surface area contributed by atoms with Crippen LogP contribution in [0.15, 0.2) is 48.5 Å². The maximum atomic E-state index is 12.5. The van der Waals surface area contributed by atoms with Crippen molar-refractivity contribution in [3.05, 3.63) is 70.2 Å². The van der Waals surface area contributed by atoms with Crippen molar-refractivity contribution in [1.82, 2.24) is 0 Å². The largest absolute Gasteiger partial charge is 0.299 e. The van der Waals surface area contributed by atoms with Gasteiger partial charge >= 0.3 is 0 Å². The van der Waals surface area contributed by atoms with Crippen LogP contribution in [0.1, 0.15) is 29.0 Å². The van der Waals surface area contributed by atoms with Gasteiger partial charge in [-0.1, -0.05) is 53.6 Å². The van der Waals surface area contributed by atoms with Gasteiger partial charge in [-0.15, -0.1) is 0 Å². The van der Waals surface area contributed by atoms with Crippen LogP contribution < -0.4 is 0 Å². The highest BCUT2D eigenvalue weighted by Gasteiger charge is 2.39. The third kappa shape index (κ3) is 4.71. The van der Waals surface area contributed by atoms with Gasteiger partial charge in [-0.05, 0) is 36.1 Å². The lowest BCUT2D eigenvalue weighted by Crippen LogP contribution is -2.17. The molecule has 3 nitrogen and oxygen atoms in total. The Kier molecular flexibility index (Phi) is 5.30. The summed E-state index contributed by atoms with van der Waals surface area (Å²) < 4.78 is 24.3. The van der Waals surface area contributed by atoms with Crippen molar-refractivity contribution in [1.29, 1.82) is 0 Å². The molecule has 1 fully saturated rings. The average Bonchev–Trinajstić information content (AvgIpc) is 2.85. The average molecular weight is 377 g/mol. The number of halogens is 1. The van der Waals surface area contributed by atoms with Crippen LogP contribution in [-0.4, -0.2) is 25.7 Å². The first-order valence-electron chi connectivity index (χ1n) is 8.35. The van der Waals surface area contributed by atoms with E-state index in [9.17, 15) is 13.2 Å². The summed E-state index contributed by atoms with van der Waals surface area (Å²) in [5.41, 5.74) is 3.05. The fourth-order valence-corrected chi connectivity index (χ4v) is 5.77. The first-order valence-corrected chi connectivity index (χ1v) is 10.6. The lowest BCUT2D eigenvalue weighted by molar-refractivity contribution is -0.119. The molecule has 1 aliphatic rings. The zero-order chi connectivity index (χ0) is 18.0. The van der Waals surface area contributed by atoms with Crippen molar-refractivity contribution in [3.8, 4) is 0 Å². The molecule has 2 atom stereocenters. The fourth-order valence-electron chi connectivity index (χ4n) is 3.50. The molecule has 0 aliphatic carbocycles. The number of ketones is 1. The van der Waals surface area contributed by atoms with Crippen molar-refractivity contribution in [2.45, 2.75) is 25.7 Å². The minimum absolute atomic E-state index is 0.0709. The van der Waals surface area contributed by atoms with Crippen LogP contribution >= 0.6 is 11.6 Å². The van der Waals surface area contributed by atoms with Crippen LogP contribution in [0.2, 0.25) is 5.02 Å². The number of benzene rings is 2. The molecule has 0 aromatic heterocycles. The monoisotopic (exact) mass is 376 g/mol. The molecule has 1 saturated heterocycles. The third-order valence-electron chi connectivity index (χ3n) is 4.78. The Balaban J connectivity index is 1.73. The summed E-state index contributed by atoms with van der Waals surface area (Å²) in [6.07, 6.45) is 0.606. The summed E-state index contributed by atoms with van der Waals surface area (Å²) in [7, 11) is -3.10.